The van der Waals surface area contributed by atoms with Crippen molar-refractivity contribution in [3.8, 4) is 28.2 Å². The molecule has 0 saturated heterocycles. The summed E-state index contributed by atoms with van der Waals surface area (Å²) in [7, 11) is 2.28. The number of thiophene rings is 1. The molecule has 3 heteroatoms. The van der Waals surface area contributed by atoms with Gasteiger partial charge in [0, 0.05) is 32.0 Å². The van der Waals surface area contributed by atoms with Crippen LogP contribution >= 0.6 is 11.3 Å². The lowest BCUT2D eigenvalue weighted by Gasteiger charge is -2.22. The first-order valence-electron chi connectivity index (χ1n) is 17.8. The van der Waals surface area contributed by atoms with Gasteiger partial charge in [-0.15, -0.1) is 11.3 Å². The molecule has 0 atom stereocenters. The van der Waals surface area contributed by atoms with Crippen molar-refractivity contribution in [3.05, 3.63) is 131 Å². The lowest BCUT2D eigenvalue weighted by Crippen LogP contribution is -2.30. The normalized spacial score (nSPS) is 12.2. The second-order valence-corrected chi connectivity index (χ2v) is 15.7. The molecule has 0 bridgehead atoms. The average molecular weight is 658 g/mol. The first-order valence-corrected chi connectivity index (χ1v) is 18.6. The molecule has 6 aromatic carbocycles. The molecule has 244 valence electrons. The summed E-state index contributed by atoms with van der Waals surface area (Å²) in [6.45, 7) is 16.4. The van der Waals surface area contributed by atoms with Gasteiger partial charge in [0.2, 0.25) is 0 Å². The van der Waals surface area contributed by atoms with Gasteiger partial charge in [-0.3, -0.25) is 0 Å². The highest BCUT2D eigenvalue weighted by Crippen LogP contribution is 2.48. The van der Waals surface area contributed by atoms with Gasteiger partial charge >= 0.3 is 0 Å². The van der Waals surface area contributed by atoms with Gasteiger partial charge in [0.25, 0.3) is 5.82 Å². The number of hydrogen-bond donors (Lipinski definition) is 0. The monoisotopic (exact) mass is 657 g/mol. The molecule has 49 heavy (non-hydrogen) atoms. The van der Waals surface area contributed by atoms with Crippen molar-refractivity contribution < 1.29 is 4.57 Å². The van der Waals surface area contributed by atoms with E-state index in [1.54, 1.807) is 0 Å². The van der Waals surface area contributed by atoms with E-state index in [4.69, 9.17) is 0 Å². The summed E-state index contributed by atoms with van der Waals surface area (Å²) in [5.74, 6) is 2.39. The summed E-state index contributed by atoms with van der Waals surface area (Å²) in [5.41, 5.74) is 13.3. The average Bonchev–Trinajstić information content (AvgIpc) is 3.63. The van der Waals surface area contributed by atoms with Gasteiger partial charge in [0.15, 0.2) is 11.0 Å². The van der Waals surface area contributed by atoms with E-state index in [0.717, 1.165) is 0 Å². The number of hydrogen-bond acceptors (Lipinski definition) is 1. The molecular formula is C46H45N2S+. The minimum Gasteiger partial charge on any atom is -0.225 e. The van der Waals surface area contributed by atoms with Crippen molar-refractivity contribution >= 4 is 53.3 Å². The van der Waals surface area contributed by atoms with E-state index in [2.05, 4.69) is 174 Å². The lowest BCUT2D eigenvalue weighted by atomic mass is 9.87. The molecule has 0 N–H and O–H groups in total. The highest BCUT2D eigenvalue weighted by molar-refractivity contribution is 7.26. The second-order valence-electron chi connectivity index (χ2n) is 14.7. The van der Waals surface area contributed by atoms with Crippen LogP contribution in [0.2, 0.25) is 0 Å². The fourth-order valence-electron chi connectivity index (χ4n) is 7.94. The van der Waals surface area contributed by atoms with Crippen LogP contribution in [-0.4, -0.2) is 4.57 Å². The Morgan fingerprint density at radius 1 is 0.653 bits per heavy atom. The Morgan fingerprint density at radius 3 is 1.96 bits per heavy atom. The van der Waals surface area contributed by atoms with Crippen molar-refractivity contribution in [1.82, 2.24) is 4.57 Å². The van der Waals surface area contributed by atoms with Gasteiger partial charge in [0.05, 0.1) is 17.3 Å². The molecule has 0 unspecified atom stereocenters. The zero-order valence-corrected chi connectivity index (χ0v) is 30.7. The Balaban J connectivity index is 1.62. The molecule has 0 aliphatic rings. The Morgan fingerprint density at radius 2 is 1.29 bits per heavy atom. The van der Waals surface area contributed by atoms with E-state index in [9.17, 15) is 0 Å². The Hall–Kier alpha value is -4.73. The van der Waals surface area contributed by atoms with Crippen molar-refractivity contribution in [3.63, 3.8) is 0 Å². The SMILES string of the molecule is Cc1cc(-c2ccccc2)c2c(sc3ccccc32)c1-c1n(-c2c(C(C)C)cc(C(C)C)cc2C(C)C)c2c3ccccc3ccc2[n+]1C. The van der Waals surface area contributed by atoms with Crippen LogP contribution in [0.15, 0.2) is 109 Å². The third kappa shape index (κ3) is 4.93. The molecule has 0 aliphatic heterocycles. The van der Waals surface area contributed by atoms with Gasteiger partial charge in [-0.05, 0) is 82.6 Å². The highest BCUT2D eigenvalue weighted by atomic mass is 32.1. The van der Waals surface area contributed by atoms with Gasteiger partial charge in [-0.1, -0.05) is 120 Å². The first kappa shape index (κ1) is 31.5. The summed E-state index contributed by atoms with van der Waals surface area (Å²) in [6, 6.07) is 40.9. The molecule has 0 fully saturated rings. The molecule has 8 aromatic rings. The number of aromatic nitrogens is 2. The second kappa shape index (κ2) is 12.0. The van der Waals surface area contributed by atoms with Crippen molar-refractivity contribution in [2.45, 2.75) is 66.2 Å². The van der Waals surface area contributed by atoms with Crippen LogP contribution < -0.4 is 4.57 Å². The number of benzene rings is 6. The van der Waals surface area contributed by atoms with Crippen LogP contribution in [0.1, 0.15) is 81.5 Å². The number of nitrogens with zero attached hydrogens (tertiary/aromatic N) is 2. The predicted octanol–water partition coefficient (Wildman–Crippen LogP) is 13.0. The minimum absolute atomic E-state index is 0.350. The summed E-state index contributed by atoms with van der Waals surface area (Å²) < 4.78 is 7.81. The minimum atomic E-state index is 0.350. The van der Waals surface area contributed by atoms with Crippen molar-refractivity contribution in [2.75, 3.05) is 0 Å². The topological polar surface area (TPSA) is 8.81 Å². The number of aryl methyl sites for hydroxylation is 2. The molecule has 2 nitrogen and oxygen atoms in total. The van der Waals surface area contributed by atoms with Crippen LogP contribution in [0.4, 0.5) is 0 Å². The summed E-state index contributed by atoms with van der Waals surface area (Å²) in [4.78, 5) is 0. The molecule has 0 amide bonds. The Kier molecular flexibility index (Phi) is 7.72. The van der Waals surface area contributed by atoms with Crippen molar-refractivity contribution in [2.24, 2.45) is 7.05 Å². The lowest BCUT2D eigenvalue weighted by molar-refractivity contribution is -0.633. The van der Waals surface area contributed by atoms with Gasteiger partial charge in [-0.2, -0.15) is 4.57 Å². The van der Waals surface area contributed by atoms with Crippen LogP contribution in [0, 0.1) is 6.92 Å². The molecule has 8 rings (SSSR count). The molecule has 0 aliphatic carbocycles. The van der Waals surface area contributed by atoms with E-state index in [0.29, 0.717) is 17.8 Å². The third-order valence-electron chi connectivity index (χ3n) is 10.5. The largest absolute Gasteiger partial charge is 0.296 e. The summed E-state index contributed by atoms with van der Waals surface area (Å²) >= 11 is 1.93. The van der Waals surface area contributed by atoms with Crippen LogP contribution in [0.25, 0.3) is 70.2 Å². The van der Waals surface area contributed by atoms with Crippen LogP contribution in [0.3, 0.4) is 0 Å². The summed E-state index contributed by atoms with van der Waals surface area (Å²) in [5, 5.41) is 5.22. The van der Waals surface area contributed by atoms with E-state index in [1.165, 1.54) is 92.4 Å². The van der Waals surface area contributed by atoms with Gasteiger partial charge < -0.3 is 0 Å². The van der Waals surface area contributed by atoms with E-state index < -0.39 is 0 Å². The zero-order chi connectivity index (χ0) is 34.1. The maximum Gasteiger partial charge on any atom is 0.296 e. The number of imidazole rings is 1. The van der Waals surface area contributed by atoms with E-state index >= 15 is 0 Å². The van der Waals surface area contributed by atoms with Crippen molar-refractivity contribution in [1.29, 1.82) is 0 Å². The standard InChI is InChI=1S/C46H45N2S/c1-27(2)33-25-36(28(3)4)43(37(26-33)29(5)6)48-44-34-19-13-12-18-32(34)22-23-39(44)47(8)46(48)41-30(7)24-38(31-16-10-9-11-17-31)42-35-20-14-15-21-40(35)49-45(41)42/h9-29H,1-8H3/q+1. The van der Waals surface area contributed by atoms with Gasteiger partial charge in [0.1, 0.15) is 5.69 Å². The molecule has 0 spiro atoms. The maximum absolute atomic E-state index is 2.67. The molecular weight excluding hydrogens is 613 g/mol. The molecule has 0 saturated carbocycles. The highest BCUT2D eigenvalue weighted by Gasteiger charge is 2.35. The zero-order valence-electron chi connectivity index (χ0n) is 29.9. The third-order valence-corrected chi connectivity index (χ3v) is 11.7. The predicted molar refractivity (Wildman–Crippen MR) is 213 cm³/mol. The number of fused-ring (bicyclic) bond motifs is 6. The fourth-order valence-corrected chi connectivity index (χ4v) is 9.27. The smallest absolute Gasteiger partial charge is 0.225 e. The molecule has 2 heterocycles. The van der Waals surface area contributed by atoms with E-state index in [1.807, 2.05) is 11.3 Å². The first-order chi connectivity index (χ1) is 23.7. The van der Waals surface area contributed by atoms with Gasteiger partial charge in [-0.25, -0.2) is 4.57 Å². The van der Waals surface area contributed by atoms with E-state index in [-0.39, 0.29) is 0 Å². The molecule has 2 aromatic heterocycles. The Bertz CT molecular complexity index is 2510. The molecule has 0 radical (unpaired) electrons. The maximum atomic E-state index is 2.67. The quantitative estimate of drug-likeness (QED) is 0.157. The number of rotatable bonds is 6. The summed E-state index contributed by atoms with van der Waals surface area (Å²) in [6.07, 6.45) is 0. The fraction of sp³-hybridized carbons (Fsp3) is 0.239. The van der Waals surface area contributed by atoms with Crippen LogP contribution in [-0.2, 0) is 7.05 Å². The van der Waals surface area contributed by atoms with Crippen LogP contribution in [0.5, 0.6) is 0 Å². The Labute approximate surface area is 294 Å².